The molecule has 0 aromatic heterocycles. The Morgan fingerprint density at radius 3 is 1.82 bits per heavy atom. The van der Waals surface area contributed by atoms with Gasteiger partial charge in [-0.25, -0.2) is 4.79 Å². The van der Waals surface area contributed by atoms with E-state index in [9.17, 15) is 14.7 Å². The number of ether oxygens (including phenoxy) is 1. The predicted molar refractivity (Wildman–Crippen MR) is 136 cm³/mol. The predicted octanol–water partition coefficient (Wildman–Crippen LogP) is 4.27. The number of piperidine rings is 1. The molecule has 1 fully saturated rings. The van der Waals surface area contributed by atoms with Crippen LogP contribution in [0, 0.1) is 5.92 Å². The molecule has 1 heterocycles. The fourth-order valence-electron chi connectivity index (χ4n) is 4.73. The fraction of sp³-hybridized carbons (Fsp3) is 0.481. The number of carboxylic acid groups (broad SMARTS) is 1. The zero-order valence-electron chi connectivity index (χ0n) is 21.1. The molecule has 7 heteroatoms. The Kier molecular flexibility index (Phi) is 7.58. The van der Waals surface area contributed by atoms with Crippen molar-refractivity contribution in [2.75, 3.05) is 13.1 Å². The molecule has 3 rings (SSSR count). The van der Waals surface area contributed by atoms with Crippen LogP contribution in [0.4, 0.5) is 4.79 Å². The summed E-state index contributed by atoms with van der Waals surface area (Å²) >= 11 is 0. The third-order valence-electron chi connectivity index (χ3n) is 6.27. The van der Waals surface area contributed by atoms with Gasteiger partial charge in [-0.3, -0.25) is 4.79 Å². The van der Waals surface area contributed by atoms with E-state index in [4.69, 9.17) is 9.16 Å². The summed E-state index contributed by atoms with van der Waals surface area (Å²) in [6.45, 7) is 12.4. The summed E-state index contributed by atoms with van der Waals surface area (Å²) in [5, 5.41) is 11.9. The summed E-state index contributed by atoms with van der Waals surface area (Å²) in [7, 11) is -2.98. The largest absolute Gasteiger partial charge is 0.481 e. The maximum Gasteiger partial charge on any atom is 0.410 e. The molecule has 0 saturated carbocycles. The molecule has 1 N–H and O–H groups in total. The van der Waals surface area contributed by atoms with Crippen molar-refractivity contribution in [2.24, 2.45) is 5.92 Å². The number of hydrogen-bond acceptors (Lipinski definition) is 4. The Hall–Kier alpha value is -2.64. The van der Waals surface area contributed by atoms with Gasteiger partial charge in [-0.15, -0.1) is 0 Å². The van der Waals surface area contributed by atoms with Gasteiger partial charge in [0.15, 0.2) is 0 Å². The van der Waals surface area contributed by atoms with Crippen LogP contribution in [0.3, 0.4) is 0 Å². The van der Waals surface area contributed by atoms with Crippen molar-refractivity contribution >= 4 is 30.8 Å². The zero-order chi connectivity index (χ0) is 25.1. The smallest absolute Gasteiger partial charge is 0.410 e. The number of amides is 1. The molecule has 6 nitrogen and oxygen atoms in total. The first-order valence-electron chi connectivity index (χ1n) is 11.8. The number of nitrogens with zero attached hydrogens (tertiary/aromatic N) is 1. The van der Waals surface area contributed by atoms with E-state index in [0.717, 1.165) is 10.4 Å². The van der Waals surface area contributed by atoms with Gasteiger partial charge in [0.05, 0.1) is 12.0 Å². The van der Waals surface area contributed by atoms with E-state index in [1.54, 1.807) is 4.90 Å². The molecule has 1 aliphatic rings. The van der Waals surface area contributed by atoms with Crippen LogP contribution in [0.2, 0.25) is 5.04 Å². The lowest BCUT2D eigenvalue weighted by Gasteiger charge is -2.48. The van der Waals surface area contributed by atoms with E-state index in [-0.39, 0.29) is 11.6 Å². The number of hydrogen-bond donors (Lipinski definition) is 1. The first kappa shape index (κ1) is 26.0. The maximum atomic E-state index is 12.9. The van der Waals surface area contributed by atoms with Crippen LogP contribution < -0.4 is 10.4 Å². The SMILES string of the molecule is CC(C)(C)OC(=O)N1CCC(C(=O)O)C(O[Si](c2ccccc2)(c2ccccc2)C(C)(C)C)C1. The molecule has 2 aromatic rings. The normalized spacial score (nSPS) is 19.5. The first-order valence-corrected chi connectivity index (χ1v) is 13.8. The van der Waals surface area contributed by atoms with Crippen molar-refractivity contribution in [3.05, 3.63) is 60.7 Å². The van der Waals surface area contributed by atoms with Gasteiger partial charge in [-0.2, -0.15) is 0 Å². The highest BCUT2D eigenvalue weighted by Gasteiger charge is 2.53. The molecule has 0 aliphatic carbocycles. The van der Waals surface area contributed by atoms with Crippen LogP contribution >= 0.6 is 0 Å². The van der Waals surface area contributed by atoms with Crippen molar-refractivity contribution in [3.8, 4) is 0 Å². The lowest BCUT2D eigenvalue weighted by molar-refractivity contribution is -0.148. The summed E-state index contributed by atoms with van der Waals surface area (Å²) in [4.78, 5) is 26.7. The topological polar surface area (TPSA) is 76.1 Å². The molecule has 0 bridgehead atoms. The van der Waals surface area contributed by atoms with Gasteiger partial charge in [-0.05, 0) is 42.6 Å². The minimum atomic E-state index is -2.98. The van der Waals surface area contributed by atoms with Gasteiger partial charge in [0.25, 0.3) is 8.32 Å². The number of carbonyl (C=O) groups is 2. The highest BCUT2D eigenvalue weighted by molar-refractivity contribution is 6.99. The number of carbonyl (C=O) groups excluding carboxylic acids is 1. The van der Waals surface area contributed by atoms with Gasteiger partial charge in [0.2, 0.25) is 0 Å². The highest BCUT2D eigenvalue weighted by Crippen LogP contribution is 2.39. The standard InChI is InChI=1S/C27H37NO5Si/c1-26(2,3)32-25(31)28-18-17-22(24(29)30)23(19-28)33-34(27(4,5)6,20-13-9-7-10-14-20)21-15-11-8-12-16-21/h7-16,22-23H,17-19H2,1-6H3,(H,29,30). The Labute approximate surface area is 204 Å². The van der Waals surface area contributed by atoms with E-state index in [1.807, 2.05) is 57.2 Å². The van der Waals surface area contributed by atoms with E-state index >= 15 is 0 Å². The third kappa shape index (κ3) is 5.53. The molecule has 1 amide bonds. The molecule has 2 aromatic carbocycles. The van der Waals surface area contributed by atoms with E-state index in [1.165, 1.54) is 0 Å². The average molecular weight is 484 g/mol. The molecule has 1 aliphatic heterocycles. The molecule has 2 unspecified atom stereocenters. The van der Waals surface area contributed by atoms with Crippen LogP contribution in [0.5, 0.6) is 0 Å². The summed E-state index contributed by atoms with van der Waals surface area (Å²) in [6.07, 6.45) is -0.783. The van der Waals surface area contributed by atoms with Gasteiger partial charge < -0.3 is 19.2 Å². The monoisotopic (exact) mass is 483 g/mol. The van der Waals surface area contributed by atoms with Gasteiger partial charge in [0.1, 0.15) is 5.60 Å². The number of aliphatic carboxylic acids is 1. The van der Waals surface area contributed by atoms with Crippen LogP contribution in [0.1, 0.15) is 48.0 Å². The van der Waals surface area contributed by atoms with Crippen LogP contribution in [-0.2, 0) is 14.0 Å². The molecule has 34 heavy (non-hydrogen) atoms. The molecule has 0 radical (unpaired) electrons. The lowest BCUT2D eigenvalue weighted by atomic mass is 9.94. The van der Waals surface area contributed by atoms with Crippen molar-refractivity contribution in [1.29, 1.82) is 0 Å². The third-order valence-corrected chi connectivity index (χ3v) is 11.3. The van der Waals surface area contributed by atoms with Crippen LogP contribution in [0.15, 0.2) is 60.7 Å². The van der Waals surface area contributed by atoms with Gasteiger partial charge in [-0.1, -0.05) is 81.4 Å². The zero-order valence-corrected chi connectivity index (χ0v) is 22.1. The number of rotatable bonds is 5. The molecular formula is C27H37NO5Si. The van der Waals surface area contributed by atoms with Crippen LogP contribution in [0.25, 0.3) is 0 Å². The van der Waals surface area contributed by atoms with E-state index in [0.29, 0.717) is 13.0 Å². The fourth-order valence-corrected chi connectivity index (χ4v) is 9.44. The van der Waals surface area contributed by atoms with Crippen molar-refractivity contribution in [1.82, 2.24) is 4.90 Å². The lowest BCUT2D eigenvalue weighted by Crippen LogP contribution is -2.69. The highest BCUT2D eigenvalue weighted by atomic mass is 28.4. The Balaban J connectivity index is 2.09. The summed E-state index contributed by atoms with van der Waals surface area (Å²) in [5.74, 6) is -1.60. The van der Waals surface area contributed by atoms with Crippen molar-refractivity contribution in [2.45, 2.75) is 64.7 Å². The van der Waals surface area contributed by atoms with Crippen molar-refractivity contribution < 1.29 is 23.9 Å². The second-order valence-corrected chi connectivity index (χ2v) is 15.2. The minimum Gasteiger partial charge on any atom is -0.481 e. The molecular weight excluding hydrogens is 446 g/mol. The quantitative estimate of drug-likeness (QED) is 0.643. The number of carboxylic acids is 1. The molecule has 184 valence electrons. The summed E-state index contributed by atoms with van der Waals surface area (Å²) in [5.41, 5.74) is -0.630. The Bertz CT molecular complexity index is 942. The Morgan fingerprint density at radius 1 is 0.912 bits per heavy atom. The van der Waals surface area contributed by atoms with Crippen LogP contribution in [-0.4, -0.2) is 55.2 Å². The summed E-state index contributed by atoms with van der Waals surface area (Å²) in [6, 6.07) is 20.2. The number of likely N-dealkylation sites (tertiary alicyclic amines) is 1. The van der Waals surface area contributed by atoms with Gasteiger partial charge >= 0.3 is 12.1 Å². The van der Waals surface area contributed by atoms with E-state index in [2.05, 4.69) is 45.0 Å². The second-order valence-electron chi connectivity index (χ2n) is 11.0. The Morgan fingerprint density at radius 2 is 1.41 bits per heavy atom. The summed E-state index contributed by atoms with van der Waals surface area (Å²) < 4.78 is 12.7. The molecule has 2 atom stereocenters. The molecule has 0 spiro atoms. The molecule has 1 saturated heterocycles. The first-order chi connectivity index (χ1) is 15.8. The maximum absolute atomic E-state index is 12.9. The van der Waals surface area contributed by atoms with Gasteiger partial charge in [0, 0.05) is 13.1 Å². The van der Waals surface area contributed by atoms with E-state index < -0.39 is 38.0 Å². The average Bonchev–Trinajstić information content (AvgIpc) is 2.76. The van der Waals surface area contributed by atoms with Crippen molar-refractivity contribution in [3.63, 3.8) is 0 Å². The minimum absolute atomic E-state index is 0.177. The number of benzene rings is 2. The second kappa shape index (κ2) is 9.92.